The van der Waals surface area contributed by atoms with Crippen LogP contribution in [0.4, 0.5) is 0 Å². The van der Waals surface area contributed by atoms with Crippen LogP contribution in [0.2, 0.25) is 0 Å². The van der Waals surface area contributed by atoms with Gasteiger partial charge in [-0.1, -0.05) is 84.5 Å². The van der Waals surface area contributed by atoms with Crippen LogP contribution in [-0.4, -0.2) is 0 Å². The molecule has 0 bridgehead atoms. The molecule has 1 aromatic heterocycles. The maximum atomic E-state index is 2.40. The summed E-state index contributed by atoms with van der Waals surface area (Å²) in [6, 6.07) is 0. The van der Waals surface area contributed by atoms with E-state index in [1.807, 2.05) is 11.3 Å². The van der Waals surface area contributed by atoms with Crippen molar-refractivity contribution in [2.75, 3.05) is 0 Å². The third-order valence-corrected chi connectivity index (χ3v) is 5.52. The van der Waals surface area contributed by atoms with E-state index in [9.17, 15) is 0 Å². The maximum Gasteiger partial charge on any atom is -0.00584 e. The molecule has 0 atom stereocenters. The van der Waals surface area contributed by atoms with Gasteiger partial charge in [0.15, 0.2) is 0 Å². The Morgan fingerprint density at radius 3 is 1.36 bits per heavy atom. The molecule has 0 amide bonds. The smallest absolute Gasteiger partial charge is 0.00584 e. The van der Waals surface area contributed by atoms with Crippen LogP contribution in [0.15, 0.2) is 10.8 Å². The standard InChI is InChI=1S/C21H38S/c1-3-5-7-9-10-11-12-13-15-17-21-19-22-18-20(21)16-14-8-6-4-2/h18-19H,3-17H2,1-2H3. The van der Waals surface area contributed by atoms with Gasteiger partial charge in [0, 0.05) is 0 Å². The second-order valence-corrected chi connectivity index (χ2v) is 7.55. The van der Waals surface area contributed by atoms with Gasteiger partial charge in [-0.05, 0) is 47.6 Å². The molecule has 0 saturated heterocycles. The van der Waals surface area contributed by atoms with E-state index in [-0.39, 0.29) is 0 Å². The van der Waals surface area contributed by atoms with Crippen LogP contribution in [0.5, 0.6) is 0 Å². The Morgan fingerprint density at radius 2 is 0.909 bits per heavy atom. The Labute approximate surface area is 143 Å². The summed E-state index contributed by atoms with van der Waals surface area (Å²) in [5.74, 6) is 0. The van der Waals surface area contributed by atoms with Crippen molar-refractivity contribution in [3.05, 3.63) is 21.9 Å². The largest absolute Gasteiger partial charge is 0.152 e. The Morgan fingerprint density at radius 1 is 0.545 bits per heavy atom. The van der Waals surface area contributed by atoms with Crippen LogP contribution in [-0.2, 0) is 12.8 Å². The lowest BCUT2D eigenvalue weighted by Gasteiger charge is -2.05. The molecule has 22 heavy (non-hydrogen) atoms. The Bertz CT molecular complexity index is 339. The molecule has 0 nitrogen and oxygen atoms in total. The molecule has 0 spiro atoms. The van der Waals surface area contributed by atoms with E-state index in [0.29, 0.717) is 0 Å². The second kappa shape index (κ2) is 14.3. The fourth-order valence-electron chi connectivity index (χ4n) is 3.16. The first-order valence-electron chi connectivity index (χ1n) is 9.92. The van der Waals surface area contributed by atoms with Crippen LogP contribution in [0.3, 0.4) is 0 Å². The highest BCUT2D eigenvalue weighted by Gasteiger charge is 2.03. The topological polar surface area (TPSA) is 0 Å². The zero-order valence-corrected chi connectivity index (χ0v) is 16.0. The minimum atomic E-state index is 1.32. The maximum absolute atomic E-state index is 2.40. The molecule has 0 saturated carbocycles. The van der Waals surface area contributed by atoms with Crippen LogP contribution in [0.25, 0.3) is 0 Å². The number of unbranched alkanes of at least 4 members (excludes halogenated alkanes) is 11. The Hall–Kier alpha value is -0.300. The number of hydrogen-bond acceptors (Lipinski definition) is 1. The van der Waals surface area contributed by atoms with Gasteiger partial charge in [-0.15, -0.1) is 0 Å². The van der Waals surface area contributed by atoms with E-state index < -0.39 is 0 Å². The van der Waals surface area contributed by atoms with Crippen molar-refractivity contribution in [3.63, 3.8) is 0 Å². The number of aryl methyl sites for hydroxylation is 2. The first-order valence-corrected chi connectivity index (χ1v) is 10.9. The third kappa shape index (κ3) is 9.66. The van der Waals surface area contributed by atoms with E-state index in [4.69, 9.17) is 0 Å². The van der Waals surface area contributed by atoms with E-state index in [1.165, 1.54) is 96.3 Å². The van der Waals surface area contributed by atoms with E-state index >= 15 is 0 Å². The molecule has 0 aliphatic rings. The Balaban J connectivity index is 2.01. The molecule has 0 radical (unpaired) electrons. The summed E-state index contributed by atoms with van der Waals surface area (Å²) in [7, 11) is 0. The quantitative estimate of drug-likeness (QED) is 0.287. The van der Waals surface area contributed by atoms with Gasteiger partial charge in [-0.3, -0.25) is 0 Å². The van der Waals surface area contributed by atoms with Crippen LogP contribution in [0.1, 0.15) is 108 Å². The lowest BCUT2D eigenvalue weighted by molar-refractivity contribution is 0.564. The van der Waals surface area contributed by atoms with Gasteiger partial charge >= 0.3 is 0 Å². The van der Waals surface area contributed by atoms with Crippen molar-refractivity contribution in [2.24, 2.45) is 0 Å². The molecule has 0 unspecified atom stereocenters. The van der Waals surface area contributed by atoms with E-state index in [1.54, 1.807) is 11.1 Å². The molecule has 0 aliphatic heterocycles. The fourth-order valence-corrected chi connectivity index (χ4v) is 4.09. The predicted octanol–water partition coefficient (Wildman–Crippen LogP) is 7.94. The van der Waals surface area contributed by atoms with Gasteiger partial charge in [0.2, 0.25) is 0 Å². The SMILES string of the molecule is CCCCCCCCCCCc1cscc1CCCCCC. The molecule has 0 N–H and O–H groups in total. The molecule has 1 aromatic rings. The van der Waals surface area contributed by atoms with Crippen molar-refractivity contribution in [3.8, 4) is 0 Å². The summed E-state index contributed by atoms with van der Waals surface area (Å²) in [6.07, 6.45) is 21.1. The van der Waals surface area contributed by atoms with Crippen molar-refractivity contribution in [1.29, 1.82) is 0 Å². The van der Waals surface area contributed by atoms with Gasteiger partial charge in [0.1, 0.15) is 0 Å². The lowest BCUT2D eigenvalue weighted by Crippen LogP contribution is -1.91. The Kier molecular flexibility index (Phi) is 12.8. The van der Waals surface area contributed by atoms with Gasteiger partial charge in [0.05, 0.1) is 0 Å². The minimum Gasteiger partial charge on any atom is -0.152 e. The van der Waals surface area contributed by atoms with Crippen LogP contribution >= 0.6 is 11.3 Å². The molecule has 1 heterocycles. The van der Waals surface area contributed by atoms with Gasteiger partial charge in [0.25, 0.3) is 0 Å². The zero-order valence-electron chi connectivity index (χ0n) is 15.2. The third-order valence-electron chi connectivity index (χ3n) is 4.68. The summed E-state index contributed by atoms with van der Waals surface area (Å²) in [5, 5.41) is 4.80. The molecular weight excluding hydrogens is 284 g/mol. The van der Waals surface area contributed by atoms with Gasteiger partial charge in [-0.2, -0.15) is 11.3 Å². The zero-order chi connectivity index (χ0) is 15.9. The van der Waals surface area contributed by atoms with E-state index in [2.05, 4.69) is 24.6 Å². The molecule has 128 valence electrons. The highest BCUT2D eigenvalue weighted by molar-refractivity contribution is 7.08. The average Bonchev–Trinajstić information content (AvgIpc) is 2.97. The normalized spacial score (nSPS) is 11.2. The summed E-state index contributed by atoms with van der Waals surface area (Å²) >= 11 is 1.91. The average molecular weight is 323 g/mol. The molecule has 1 rings (SSSR count). The molecule has 1 heteroatoms. The first-order chi connectivity index (χ1) is 10.9. The van der Waals surface area contributed by atoms with Crippen LogP contribution in [0, 0.1) is 0 Å². The first kappa shape index (κ1) is 19.7. The highest BCUT2D eigenvalue weighted by Crippen LogP contribution is 2.21. The fraction of sp³-hybridized carbons (Fsp3) is 0.810. The number of rotatable bonds is 15. The monoisotopic (exact) mass is 322 g/mol. The second-order valence-electron chi connectivity index (χ2n) is 6.81. The van der Waals surface area contributed by atoms with Crippen molar-refractivity contribution < 1.29 is 0 Å². The summed E-state index contributed by atoms with van der Waals surface area (Å²) in [6.45, 7) is 4.59. The molecule has 0 aromatic carbocycles. The van der Waals surface area contributed by atoms with Gasteiger partial charge in [-0.25, -0.2) is 0 Å². The summed E-state index contributed by atoms with van der Waals surface area (Å²) < 4.78 is 0. The van der Waals surface area contributed by atoms with Crippen molar-refractivity contribution >= 4 is 11.3 Å². The minimum absolute atomic E-state index is 1.32. The number of thiophene rings is 1. The lowest BCUT2D eigenvalue weighted by atomic mass is 10.0. The molecule has 0 aliphatic carbocycles. The van der Waals surface area contributed by atoms with E-state index in [0.717, 1.165) is 0 Å². The predicted molar refractivity (Wildman–Crippen MR) is 103 cm³/mol. The summed E-state index contributed by atoms with van der Waals surface area (Å²) in [5.41, 5.74) is 3.31. The number of hydrogen-bond donors (Lipinski definition) is 0. The van der Waals surface area contributed by atoms with Crippen LogP contribution < -0.4 is 0 Å². The summed E-state index contributed by atoms with van der Waals surface area (Å²) in [4.78, 5) is 0. The van der Waals surface area contributed by atoms with Crippen molar-refractivity contribution in [1.82, 2.24) is 0 Å². The molecule has 0 fully saturated rings. The van der Waals surface area contributed by atoms with Gasteiger partial charge < -0.3 is 0 Å². The highest BCUT2D eigenvalue weighted by atomic mass is 32.1. The molecular formula is C21H38S. The van der Waals surface area contributed by atoms with Crippen molar-refractivity contribution in [2.45, 2.75) is 110 Å².